The number of nitrogens with zero attached hydrogens (tertiary/aromatic N) is 2. The molecule has 2 aromatic heterocycles. The molecule has 2 rings (SSSR count). The van der Waals surface area contributed by atoms with E-state index in [-0.39, 0.29) is 68.3 Å². The van der Waals surface area contributed by atoms with Crippen molar-refractivity contribution >= 4 is 148 Å². The molecule has 2 aromatic rings. The summed E-state index contributed by atoms with van der Waals surface area (Å²) in [6, 6.07) is -23.5. The van der Waals surface area contributed by atoms with Crippen molar-refractivity contribution in [1.82, 2.24) is 121 Å². The smallest absolute Gasteiger partial charge is 0.326 e. The van der Waals surface area contributed by atoms with Gasteiger partial charge in [-0.3, -0.25) is 115 Å². The van der Waals surface area contributed by atoms with Gasteiger partial charge in [0, 0.05) is 62.3 Å². The lowest BCUT2D eigenvalue weighted by Gasteiger charge is -2.28. The molecule has 142 heavy (non-hydrogen) atoms. The number of carbonyl (C=O) groups is 25. The number of carboxylic acids is 3. The molecule has 17 atom stereocenters. The predicted molar refractivity (Wildman–Crippen MR) is 496 cm³/mol. The number of carbonyl (C=O) groups excluding carboxylic acids is 22. The first-order chi connectivity index (χ1) is 66.6. The zero-order valence-corrected chi connectivity index (χ0v) is 80.9. The minimum absolute atomic E-state index is 0.00312. The third-order valence-corrected chi connectivity index (χ3v) is 21.2. The maximum atomic E-state index is 14.8. The molecule has 57 nitrogen and oxygen atoms in total. The highest BCUT2D eigenvalue weighted by Gasteiger charge is 2.40. The van der Waals surface area contributed by atoms with Crippen LogP contribution in [0.2, 0.25) is 0 Å². The van der Waals surface area contributed by atoms with Gasteiger partial charge < -0.3 is 160 Å². The monoisotopic (exact) mass is 2020 g/mol. The first-order valence-corrected chi connectivity index (χ1v) is 45.7. The van der Waals surface area contributed by atoms with Gasteiger partial charge >= 0.3 is 17.9 Å². The van der Waals surface area contributed by atoms with Crippen LogP contribution in [0.5, 0.6) is 0 Å². The summed E-state index contributed by atoms with van der Waals surface area (Å²) in [7, 11) is 0. The quantitative estimate of drug-likeness (QED) is 0.0274. The fraction of sp³-hybridized carbons (Fsp3) is 0.635. The number of nitrogens with two attached hydrogens (primary N) is 5. The number of rotatable bonds is 69. The minimum atomic E-state index is -1.84. The van der Waals surface area contributed by atoms with Gasteiger partial charge in [0.05, 0.1) is 63.9 Å². The van der Waals surface area contributed by atoms with Crippen LogP contribution in [0.4, 0.5) is 0 Å². The van der Waals surface area contributed by atoms with Gasteiger partial charge in [-0.15, -0.1) is 0 Å². The summed E-state index contributed by atoms with van der Waals surface area (Å²) in [6.45, 7) is 12.4. The molecular weight excluding hydrogens is 1880 g/mol. The maximum Gasteiger partial charge on any atom is 0.326 e. The van der Waals surface area contributed by atoms with Crippen molar-refractivity contribution in [3.8, 4) is 0 Å². The summed E-state index contributed by atoms with van der Waals surface area (Å²) >= 11 is 0. The van der Waals surface area contributed by atoms with Gasteiger partial charge in [-0.05, 0) is 109 Å². The zero-order valence-electron chi connectivity index (χ0n) is 80.9. The number of aliphatic hydroxyl groups excluding tert-OH is 1. The van der Waals surface area contributed by atoms with Gasteiger partial charge in [0.1, 0.15) is 84.6 Å². The Bertz CT molecular complexity index is 4670. The molecule has 2 heterocycles. The zero-order chi connectivity index (χ0) is 107. The molecule has 0 aromatic carbocycles. The van der Waals surface area contributed by atoms with Crippen LogP contribution >= 0.6 is 0 Å². The fourth-order valence-corrected chi connectivity index (χ4v) is 13.2. The van der Waals surface area contributed by atoms with E-state index < -0.39 is 353 Å². The lowest BCUT2D eigenvalue weighted by atomic mass is 9.97. The third kappa shape index (κ3) is 48.6. The van der Waals surface area contributed by atoms with Gasteiger partial charge in [-0.25, -0.2) is 14.8 Å². The average Bonchev–Trinajstić information content (AvgIpc) is 1.20. The van der Waals surface area contributed by atoms with Crippen LogP contribution < -0.4 is 130 Å². The first-order valence-electron chi connectivity index (χ1n) is 45.7. The lowest BCUT2D eigenvalue weighted by Crippen LogP contribution is -2.60. The van der Waals surface area contributed by atoms with Gasteiger partial charge in [-0.2, -0.15) is 0 Å². The van der Waals surface area contributed by atoms with Crippen molar-refractivity contribution in [2.75, 3.05) is 39.3 Å². The van der Waals surface area contributed by atoms with Crippen LogP contribution in [-0.4, -0.2) is 324 Å². The minimum Gasteiger partial charge on any atom is -0.481 e. The molecule has 0 aliphatic rings. The number of imidazole rings is 2. The second-order valence-electron chi connectivity index (χ2n) is 34.8. The van der Waals surface area contributed by atoms with E-state index >= 15 is 0 Å². The van der Waals surface area contributed by atoms with Crippen molar-refractivity contribution in [2.24, 2.45) is 52.3 Å². The number of aliphatic carboxylic acids is 3. The molecule has 0 aliphatic carbocycles. The van der Waals surface area contributed by atoms with E-state index in [1.807, 2.05) is 13.8 Å². The second kappa shape index (κ2) is 63.6. The van der Waals surface area contributed by atoms with Crippen LogP contribution in [0.15, 0.2) is 25.0 Å². The van der Waals surface area contributed by atoms with E-state index in [0.717, 1.165) is 6.92 Å². The number of amides is 22. The fourth-order valence-electron chi connectivity index (χ4n) is 13.2. The number of aromatic amines is 2. The van der Waals surface area contributed by atoms with Crippen molar-refractivity contribution < 1.29 is 140 Å². The number of primary amides is 3. The normalized spacial score (nSPS) is 14.7. The van der Waals surface area contributed by atoms with Gasteiger partial charge in [0.25, 0.3) is 0 Å². The third-order valence-electron chi connectivity index (χ3n) is 21.2. The number of H-pyrrole nitrogens is 2. The summed E-state index contributed by atoms with van der Waals surface area (Å²) in [4.78, 5) is 344. The molecule has 0 unspecified atom stereocenters. The van der Waals surface area contributed by atoms with Gasteiger partial charge in [-0.1, -0.05) is 61.8 Å². The van der Waals surface area contributed by atoms with Crippen LogP contribution in [0.3, 0.4) is 0 Å². The van der Waals surface area contributed by atoms with E-state index in [1.54, 1.807) is 27.7 Å². The molecule has 0 saturated carbocycles. The Balaban J connectivity index is 2.31. The molecule has 0 radical (unpaired) electrons. The number of aliphatic hydroxyl groups is 1. The highest BCUT2D eigenvalue weighted by atomic mass is 16.4. The van der Waals surface area contributed by atoms with E-state index in [1.165, 1.54) is 52.7 Å². The van der Waals surface area contributed by atoms with Gasteiger partial charge in [0.2, 0.25) is 130 Å². The van der Waals surface area contributed by atoms with E-state index in [9.17, 15) is 140 Å². The number of carboxylic acid groups (broad SMARTS) is 3. The standard InChI is InChI=1S/C85H138N28O29/c1-12-42(8)69(112-84(140)70(45(11)114)113-73(129)48(87)25-39(2)3)83(139)97-36-64(121)102-50(19-23-66(123)124)74(130)96-35-63(120)103-51(16-20-58(88)115)78(134)107-53(18-22-60(90)117)79(135)109-55(27-46-30-91-37-98-46)81(137)110-56(28-47-31-92-38-99-47)80(136)108-54(26-40(4)5)75(131)95-32-61(118)93-33-62(119)100-44(10)72(128)105-49(15-13-14-24-86)77(133)106-52(17-21-59(89)116)76(132)101-43(9)71(127)94-34-65(122)104-57(29-67(125)126)82(138)111-68(41(6)7)85(141)142/h30-31,37-45,48-57,68-70,114H,12-29,32-36,86-87H2,1-11H3,(H2,88,115)(H2,89,116)(H2,90,117)(H,91,98)(H,92,99)(H,93,118)(H,94,127)(H,95,131)(H,96,130)(H,97,139)(H,100,119)(H,101,132)(H,102,121)(H,103,120)(H,104,122)(H,105,128)(H,106,133)(H,107,134)(H,108,136)(H,109,135)(H,110,137)(H,111,138)(H,112,140)(H,113,129)(H,123,124)(H,125,126)(H,141,142)/t42-,43-,44-,45+,48-,49-,50-,51-,52-,53-,54-,55-,56-,57-,68-,69-,70-/m0/s1. The number of aromatic nitrogens is 4. The number of nitrogens with one attached hydrogen (secondary N) is 21. The van der Waals surface area contributed by atoms with Crippen molar-refractivity contribution in [2.45, 2.75) is 282 Å². The van der Waals surface area contributed by atoms with E-state index in [2.05, 4.69) is 121 Å². The molecule has 0 saturated heterocycles. The highest BCUT2D eigenvalue weighted by molar-refractivity contribution is 6.02. The van der Waals surface area contributed by atoms with Gasteiger partial charge in [0.15, 0.2) is 0 Å². The first kappa shape index (κ1) is 123. The van der Waals surface area contributed by atoms with Crippen molar-refractivity contribution in [3.05, 3.63) is 36.4 Å². The van der Waals surface area contributed by atoms with Crippen LogP contribution in [0.1, 0.15) is 184 Å². The molecule has 792 valence electrons. The maximum absolute atomic E-state index is 14.8. The summed E-state index contributed by atoms with van der Waals surface area (Å²) in [6.07, 6.45) is -2.20. The summed E-state index contributed by atoms with van der Waals surface area (Å²) in [5.41, 5.74) is 28.4. The largest absolute Gasteiger partial charge is 0.481 e. The Kier molecular flexibility index (Phi) is 55.1. The molecule has 22 amide bonds. The Hall–Kier alpha value is -14.9. The molecule has 0 bridgehead atoms. The molecule has 0 spiro atoms. The molecular formula is C85H138N28O29. The van der Waals surface area contributed by atoms with E-state index in [0.29, 0.717) is 6.42 Å². The van der Waals surface area contributed by atoms with Crippen LogP contribution in [-0.2, 0) is 133 Å². The summed E-state index contributed by atoms with van der Waals surface area (Å²) < 4.78 is 0. The van der Waals surface area contributed by atoms with Crippen molar-refractivity contribution in [1.29, 1.82) is 0 Å². The Labute approximate surface area is 816 Å². The average molecular weight is 2020 g/mol. The lowest BCUT2D eigenvalue weighted by molar-refractivity contribution is -0.144. The van der Waals surface area contributed by atoms with E-state index in [4.69, 9.17) is 28.7 Å². The Morgan fingerprint density at radius 1 is 0.345 bits per heavy atom. The molecule has 35 N–H and O–H groups in total. The summed E-state index contributed by atoms with van der Waals surface area (Å²) in [5, 5.41) is 83.2. The topological polar surface area (TPSA) is 924 Å². The molecule has 0 fully saturated rings. The van der Waals surface area contributed by atoms with Crippen LogP contribution in [0.25, 0.3) is 0 Å². The Morgan fingerprint density at radius 2 is 0.704 bits per heavy atom. The number of unbranched alkanes of at least 4 members (excludes halogenated alkanes) is 1. The highest BCUT2D eigenvalue weighted by Crippen LogP contribution is 2.15. The predicted octanol–water partition coefficient (Wildman–Crippen LogP) is -11.8. The number of hydrogen-bond acceptors (Lipinski definition) is 30. The van der Waals surface area contributed by atoms with Crippen molar-refractivity contribution in [3.63, 3.8) is 0 Å². The molecule has 57 heteroatoms. The SMILES string of the molecule is CC[C@H](C)[C@H](NC(=O)[C@@H](NC(=O)[C@@H](N)CC(C)C)[C@@H](C)O)C(=O)NCC(=O)N[C@@H](CCC(=O)O)C(=O)NCC(=O)N[C@@H](CCC(N)=O)C(=O)N[C@@H](CCC(N)=O)C(=O)N[C@@H](Cc1cnc[nH]1)C(=O)N[C@@H](Cc1cnc[nH]1)C(=O)N[C@@H](CC(C)C)C(=O)NCC(=O)NCC(=O)N[C@@H](C)C(=O)N[C@@H](CCCCN)C(=O)N[C@@H](CCC(N)=O)C(=O)N[C@@H](C)C(=O)NCC(=O)N[C@@H](CC(=O)O)C(=O)N[C@H](C(=O)O)C(C)C. The second-order valence-corrected chi connectivity index (χ2v) is 34.8. The molecule has 0 aliphatic heterocycles. The van der Waals surface area contributed by atoms with Crippen LogP contribution in [0, 0.1) is 23.7 Å². The number of hydrogen-bond donors (Lipinski definition) is 30. The summed E-state index contributed by atoms with van der Waals surface area (Å²) in [5.74, 6) is -28.9. The Morgan fingerprint density at radius 3 is 1.13 bits per heavy atom.